The summed E-state index contributed by atoms with van der Waals surface area (Å²) in [4.78, 5) is 19.3. The molecule has 0 fully saturated rings. The number of aryl methyl sites for hydroxylation is 2. The van der Waals surface area contributed by atoms with Crippen molar-refractivity contribution in [2.45, 2.75) is 13.8 Å². The molecule has 0 atom stereocenters. The van der Waals surface area contributed by atoms with Gasteiger partial charge in [-0.15, -0.1) is 0 Å². The standard InChI is InChI=1S/C13H11BrClN3O/c1-7-3-4-10(14)11(5-7)18-13-9(6-19)12(15)16-8(2)17-13/h3-6H,1-2H3,(H,16,17,18). The van der Waals surface area contributed by atoms with E-state index in [1.807, 2.05) is 25.1 Å². The third-order valence-electron chi connectivity index (χ3n) is 2.50. The molecule has 0 amide bonds. The third-order valence-corrected chi connectivity index (χ3v) is 3.48. The van der Waals surface area contributed by atoms with Gasteiger partial charge in [0.25, 0.3) is 0 Å². The minimum atomic E-state index is 0.147. The Kier molecular flexibility index (Phi) is 4.17. The minimum Gasteiger partial charge on any atom is -0.339 e. The highest BCUT2D eigenvalue weighted by Crippen LogP contribution is 2.28. The molecule has 1 N–H and O–H groups in total. The van der Waals surface area contributed by atoms with Crippen LogP contribution in [0.1, 0.15) is 21.7 Å². The van der Waals surface area contributed by atoms with Crippen LogP contribution in [0.2, 0.25) is 5.15 Å². The summed E-state index contributed by atoms with van der Waals surface area (Å²) in [6.07, 6.45) is 0.647. The lowest BCUT2D eigenvalue weighted by Crippen LogP contribution is -2.03. The minimum absolute atomic E-state index is 0.147. The van der Waals surface area contributed by atoms with Gasteiger partial charge in [0.05, 0.1) is 11.3 Å². The van der Waals surface area contributed by atoms with Gasteiger partial charge >= 0.3 is 0 Å². The molecule has 0 bridgehead atoms. The number of aldehydes is 1. The number of rotatable bonds is 3. The maximum atomic E-state index is 11.1. The van der Waals surface area contributed by atoms with Crippen LogP contribution in [0, 0.1) is 13.8 Å². The second-order valence-corrected chi connectivity index (χ2v) is 5.26. The van der Waals surface area contributed by atoms with Gasteiger partial charge in [0.15, 0.2) is 6.29 Å². The van der Waals surface area contributed by atoms with Crippen LogP contribution in [0.15, 0.2) is 22.7 Å². The molecule has 0 spiro atoms. The summed E-state index contributed by atoms with van der Waals surface area (Å²) in [7, 11) is 0. The van der Waals surface area contributed by atoms with Crippen molar-refractivity contribution in [3.63, 3.8) is 0 Å². The lowest BCUT2D eigenvalue weighted by Gasteiger charge is -2.11. The van der Waals surface area contributed by atoms with Crippen molar-refractivity contribution in [3.05, 3.63) is 44.8 Å². The molecule has 0 aliphatic rings. The Labute approximate surface area is 124 Å². The van der Waals surface area contributed by atoms with Crippen molar-refractivity contribution in [2.24, 2.45) is 0 Å². The smallest absolute Gasteiger partial charge is 0.156 e. The molecule has 1 aromatic heterocycles. The third kappa shape index (κ3) is 3.11. The van der Waals surface area contributed by atoms with Gasteiger partial charge in [0, 0.05) is 4.47 Å². The SMILES string of the molecule is Cc1ccc(Br)c(Nc2nc(C)nc(Cl)c2C=O)c1. The maximum Gasteiger partial charge on any atom is 0.156 e. The van der Waals surface area contributed by atoms with Crippen LogP contribution in [0.4, 0.5) is 11.5 Å². The Bertz CT molecular complexity index is 646. The van der Waals surface area contributed by atoms with Crippen molar-refractivity contribution in [1.82, 2.24) is 9.97 Å². The van der Waals surface area contributed by atoms with Crippen LogP contribution in [0.3, 0.4) is 0 Å². The van der Waals surface area contributed by atoms with Gasteiger partial charge in [0.2, 0.25) is 0 Å². The maximum absolute atomic E-state index is 11.1. The average Bonchev–Trinajstić information content (AvgIpc) is 2.33. The normalized spacial score (nSPS) is 10.3. The van der Waals surface area contributed by atoms with E-state index in [0.717, 1.165) is 15.7 Å². The molecule has 2 aromatic rings. The zero-order chi connectivity index (χ0) is 14.0. The Morgan fingerprint density at radius 2 is 2.05 bits per heavy atom. The van der Waals surface area contributed by atoms with Crippen molar-refractivity contribution < 1.29 is 4.79 Å². The summed E-state index contributed by atoms with van der Waals surface area (Å²) < 4.78 is 0.877. The topological polar surface area (TPSA) is 54.9 Å². The fourth-order valence-electron chi connectivity index (χ4n) is 1.61. The quantitative estimate of drug-likeness (QED) is 0.676. The van der Waals surface area contributed by atoms with Gasteiger partial charge in [-0.3, -0.25) is 4.79 Å². The molecule has 0 radical (unpaired) electrons. The monoisotopic (exact) mass is 339 g/mol. The van der Waals surface area contributed by atoms with Crippen molar-refractivity contribution in [2.75, 3.05) is 5.32 Å². The summed E-state index contributed by atoms with van der Waals surface area (Å²) in [5.41, 5.74) is 2.16. The van der Waals surface area contributed by atoms with E-state index in [0.29, 0.717) is 17.9 Å². The number of halogens is 2. The van der Waals surface area contributed by atoms with E-state index in [2.05, 4.69) is 31.2 Å². The van der Waals surface area contributed by atoms with Gasteiger partial charge in [-0.25, -0.2) is 9.97 Å². The predicted octanol–water partition coefficient (Wildman–Crippen LogP) is 4.07. The van der Waals surface area contributed by atoms with E-state index in [1.54, 1.807) is 6.92 Å². The van der Waals surface area contributed by atoms with Crippen molar-refractivity contribution in [1.29, 1.82) is 0 Å². The van der Waals surface area contributed by atoms with Gasteiger partial charge in [-0.05, 0) is 47.5 Å². The molecule has 6 heteroatoms. The van der Waals surface area contributed by atoms with Crippen LogP contribution in [-0.2, 0) is 0 Å². The van der Waals surface area contributed by atoms with Gasteiger partial charge < -0.3 is 5.32 Å². The van der Waals surface area contributed by atoms with Gasteiger partial charge in [0.1, 0.15) is 16.8 Å². The Morgan fingerprint density at radius 1 is 1.32 bits per heavy atom. The molecule has 1 aromatic carbocycles. The predicted molar refractivity (Wildman–Crippen MR) is 79.3 cm³/mol. The number of nitrogens with one attached hydrogen (secondary N) is 1. The van der Waals surface area contributed by atoms with Crippen LogP contribution in [-0.4, -0.2) is 16.3 Å². The lowest BCUT2D eigenvalue weighted by molar-refractivity contribution is 0.112. The number of hydrogen-bond donors (Lipinski definition) is 1. The molecule has 1 heterocycles. The Morgan fingerprint density at radius 3 is 2.74 bits per heavy atom. The zero-order valence-electron chi connectivity index (χ0n) is 10.4. The van der Waals surface area contributed by atoms with E-state index < -0.39 is 0 Å². The van der Waals surface area contributed by atoms with Crippen LogP contribution in [0.5, 0.6) is 0 Å². The Balaban J connectivity index is 2.48. The summed E-state index contributed by atoms with van der Waals surface area (Å²) in [6.45, 7) is 3.70. The molecule has 4 nitrogen and oxygen atoms in total. The number of aromatic nitrogens is 2. The number of benzene rings is 1. The molecule has 0 aliphatic heterocycles. The molecule has 0 aliphatic carbocycles. The first-order valence-electron chi connectivity index (χ1n) is 5.53. The molecular formula is C13H11BrClN3O. The number of carbonyl (C=O) groups excluding carboxylic acids is 1. The van der Waals surface area contributed by atoms with E-state index >= 15 is 0 Å². The summed E-state index contributed by atoms with van der Waals surface area (Å²) >= 11 is 9.38. The van der Waals surface area contributed by atoms with E-state index in [9.17, 15) is 4.79 Å². The van der Waals surface area contributed by atoms with Crippen LogP contribution >= 0.6 is 27.5 Å². The molecule has 98 valence electrons. The highest BCUT2D eigenvalue weighted by molar-refractivity contribution is 9.10. The fraction of sp³-hybridized carbons (Fsp3) is 0.154. The first-order chi connectivity index (χ1) is 9.01. The summed E-state index contributed by atoms with van der Waals surface area (Å²) in [6, 6.07) is 5.85. The highest BCUT2D eigenvalue weighted by atomic mass is 79.9. The number of anilines is 2. The average molecular weight is 341 g/mol. The molecule has 0 saturated heterocycles. The summed E-state index contributed by atoms with van der Waals surface area (Å²) in [5.74, 6) is 0.903. The molecule has 0 saturated carbocycles. The number of carbonyl (C=O) groups is 1. The van der Waals surface area contributed by atoms with Crippen molar-refractivity contribution in [3.8, 4) is 0 Å². The molecule has 19 heavy (non-hydrogen) atoms. The van der Waals surface area contributed by atoms with Gasteiger partial charge in [-0.2, -0.15) is 0 Å². The molecule has 2 rings (SSSR count). The van der Waals surface area contributed by atoms with E-state index in [1.165, 1.54) is 0 Å². The first-order valence-corrected chi connectivity index (χ1v) is 6.71. The zero-order valence-corrected chi connectivity index (χ0v) is 12.7. The van der Waals surface area contributed by atoms with Gasteiger partial charge in [-0.1, -0.05) is 17.7 Å². The second-order valence-electron chi connectivity index (χ2n) is 4.05. The van der Waals surface area contributed by atoms with E-state index in [-0.39, 0.29) is 10.7 Å². The van der Waals surface area contributed by atoms with E-state index in [4.69, 9.17) is 11.6 Å². The largest absolute Gasteiger partial charge is 0.339 e. The molecule has 0 unspecified atom stereocenters. The second kappa shape index (κ2) is 5.67. The van der Waals surface area contributed by atoms with Crippen LogP contribution < -0.4 is 5.32 Å². The van der Waals surface area contributed by atoms with Crippen molar-refractivity contribution >= 4 is 45.3 Å². The summed E-state index contributed by atoms with van der Waals surface area (Å²) in [5, 5.41) is 3.25. The van der Waals surface area contributed by atoms with Crippen LogP contribution in [0.25, 0.3) is 0 Å². The highest BCUT2D eigenvalue weighted by Gasteiger charge is 2.12. The fourth-order valence-corrected chi connectivity index (χ4v) is 2.21. The number of hydrogen-bond acceptors (Lipinski definition) is 4. The number of nitrogens with zero attached hydrogens (tertiary/aromatic N) is 2. The molecular weight excluding hydrogens is 330 g/mol. The lowest BCUT2D eigenvalue weighted by atomic mass is 10.2. The Hall–Kier alpha value is -1.46. The first kappa shape index (κ1) is 14.0.